The van der Waals surface area contributed by atoms with Crippen molar-refractivity contribution < 1.29 is 14.3 Å². The predicted octanol–water partition coefficient (Wildman–Crippen LogP) is 2.86. The second kappa shape index (κ2) is 7.52. The highest BCUT2D eigenvalue weighted by Crippen LogP contribution is 2.29. The summed E-state index contributed by atoms with van der Waals surface area (Å²) in [6, 6.07) is 7.96. The van der Waals surface area contributed by atoms with Crippen LogP contribution in [0.5, 0.6) is 5.75 Å². The van der Waals surface area contributed by atoms with Gasteiger partial charge < -0.3 is 25.0 Å². The van der Waals surface area contributed by atoms with Crippen molar-refractivity contribution >= 4 is 11.8 Å². The molecule has 1 aliphatic rings. The number of para-hydroxylation sites is 2. The molecular weight excluding hydrogens is 318 g/mol. The van der Waals surface area contributed by atoms with Gasteiger partial charge in [0, 0.05) is 31.7 Å². The largest absolute Gasteiger partial charge is 0.490 e. The van der Waals surface area contributed by atoms with E-state index >= 15 is 0 Å². The number of nitrogens with two attached hydrogens (primary N) is 1. The van der Waals surface area contributed by atoms with Gasteiger partial charge in [-0.15, -0.1) is 0 Å². The van der Waals surface area contributed by atoms with Gasteiger partial charge in [0.05, 0.1) is 5.69 Å². The first kappa shape index (κ1) is 19.4. The number of hydrogen-bond acceptors (Lipinski definition) is 5. The Morgan fingerprint density at radius 3 is 2.24 bits per heavy atom. The molecule has 2 rings (SSSR count). The monoisotopic (exact) mass is 349 g/mol. The molecule has 0 saturated carbocycles. The number of piperazine rings is 1. The number of amides is 1. The summed E-state index contributed by atoms with van der Waals surface area (Å²) in [6.07, 6.45) is -0.249. The molecule has 2 N–H and O–H groups in total. The lowest BCUT2D eigenvalue weighted by molar-refractivity contribution is 0.0240. The van der Waals surface area contributed by atoms with Crippen molar-refractivity contribution in [3.05, 3.63) is 24.3 Å². The first-order valence-corrected chi connectivity index (χ1v) is 8.79. The normalized spacial score (nSPS) is 15.9. The van der Waals surface area contributed by atoms with Crippen LogP contribution < -0.4 is 15.4 Å². The minimum atomic E-state index is -0.469. The van der Waals surface area contributed by atoms with Crippen molar-refractivity contribution in [1.29, 1.82) is 0 Å². The van der Waals surface area contributed by atoms with E-state index in [1.807, 2.05) is 58.9 Å². The third-order valence-electron chi connectivity index (χ3n) is 3.74. The zero-order chi connectivity index (χ0) is 18.7. The van der Waals surface area contributed by atoms with Crippen LogP contribution in [0.4, 0.5) is 10.5 Å². The quantitative estimate of drug-likeness (QED) is 0.905. The van der Waals surface area contributed by atoms with E-state index in [-0.39, 0.29) is 11.6 Å². The summed E-state index contributed by atoms with van der Waals surface area (Å²) in [5.41, 5.74) is 6.20. The molecule has 1 fully saturated rings. The molecule has 0 spiro atoms. The minimum Gasteiger partial charge on any atom is -0.490 e. The summed E-state index contributed by atoms with van der Waals surface area (Å²) >= 11 is 0. The van der Waals surface area contributed by atoms with Gasteiger partial charge in [0.1, 0.15) is 18.0 Å². The number of hydrogen-bond donors (Lipinski definition) is 1. The van der Waals surface area contributed by atoms with Gasteiger partial charge in [-0.05, 0) is 46.8 Å². The molecule has 1 amide bonds. The number of nitrogens with zero attached hydrogens (tertiary/aromatic N) is 2. The molecule has 6 heteroatoms. The Morgan fingerprint density at radius 1 is 1.08 bits per heavy atom. The van der Waals surface area contributed by atoms with Gasteiger partial charge >= 0.3 is 6.09 Å². The first-order valence-electron chi connectivity index (χ1n) is 8.79. The highest BCUT2D eigenvalue weighted by atomic mass is 16.6. The third kappa shape index (κ3) is 6.12. The van der Waals surface area contributed by atoms with Gasteiger partial charge in [0.15, 0.2) is 0 Å². The van der Waals surface area contributed by atoms with Crippen molar-refractivity contribution in [2.75, 3.05) is 37.7 Å². The van der Waals surface area contributed by atoms with Gasteiger partial charge in [-0.3, -0.25) is 0 Å². The number of ether oxygens (including phenoxy) is 2. The first-order chi connectivity index (χ1) is 11.6. The second-order valence-electron chi connectivity index (χ2n) is 8.20. The fourth-order valence-electron chi connectivity index (χ4n) is 2.56. The van der Waals surface area contributed by atoms with Crippen LogP contribution in [0, 0.1) is 0 Å². The maximum absolute atomic E-state index is 12.2. The molecule has 0 radical (unpaired) electrons. The van der Waals surface area contributed by atoms with Gasteiger partial charge in [0.25, 0.3) is 0 Å². The number of anilines is 1. The average molecular weight is 349 g/mol. The molecule has 0 atom stereocenters. The molecule has 1 aromatic carbocycles. The summed E-state index contributed by atoms with van der Waals surface area (Å²) in [4.78, 5) is 16.2. The number of carbonyl (C=O) groups is 1. The Hall–Kier alpha value is -1.95. The van der Waals surface area contributed by atoms with Crippen LogP contribution in [0.25, 0.3) is 0 Å². The van der Waals surface area contributed by atoms with E-state index in [1.165, 1.54) is 0 Å². The Morgan fingerprint density at radius 2 is 1.68 bits per heavy atom. The van der Waals surface area contributed by atoms with Crippen LogP contribution in [-0.2, 0) is 4.74 Å². The number of carbonyl (C=O) groups excluding carboxylic acids is 1. The van der Waals surface area contributed by atoms with E-state index in [0.29, 0.717) is 19.7 Å². The smallest absolute Gasteiger partial charge is 0.410 e. The molecule has 25 heavy (non-hydrogen) atoms. The van der Waals surface area contributed by atoms with E-state index < -0.39 is 5.60 Å². The molecule has 1 heterocycles. The second-order valence-corrected chi connectivity index (χ2v) is 8.20. The highest BCUT2D eigenvalue weighted by molar-refractivity contribution is 5.69. The lowest BCUT2D eigenvalue weighted by Gasteiger charge is -2.37. The van der Waals surface area contributed by atoms with E-state index in [1.54, 1.807) is 4.90 Å². The predicted molar refractivity (Wildman–Crippen MR) is 100 cm³/mol. The molecule has 140 valence electrons. The van der Waals surface area contributed by atoms with Crippen LogP contribution in [-0.4, -0.2) is 54.9 Å². The molecule has 0 aromatic heterocycles. The van der Waals surface area contributed by atoms with Crippen molar-refractivity contribution in [3.8, 4) is 5.75 Å². The summed E-state index contributed by atoms with van der Waals surface area (Å²) in [5.74, 6) is 0.826. The van der Waals surface area contributed by atoms with Gasteiger partial charge in [-0.25, -0.2) is 4.79 Å². The van der Waals surface area contributed by atoms with Gasteiger partial charge in [-0.1, -0.05) is 12.1 Å². The molecule has 0 unspecified atom stereocenters. The lowest BCUT2D eigenvalue weighted by Crippen LogP contribution is -2.50. The summed E-state index contributed by atoms with van der Waals surface area (Å²) in [5, 5.41) is 0. The summed E-state index contributed by atoms with van der Waals surface area (Å²) < 4.78 is 11.4. The third-order valence-corrected chi connectivity index (χ3v) is 3.74. The Bertz CT molecular complexity index is 582. The van der Waals surface area contributed by atoms with Crippen molar-refractivity contribution in [3.63, 3.8) is 0 Å². The molecule has 1 aliphatic heterocycles. The van der Waals surface area contributed by atoms with E-state index in [0.717, 1.165) is 24.5 Å². The standard InChI is InChI=1S/C19H31N3O3/c1-18(2,3)25-17(23)22-12-10-21(11-13-22)15-8-6-7-9-16(15)24-14-19(4,5)20/h6-9H,10-14,20H2,1-5H3. The number of rotatable bonds is 4. The summed E-state index contributed by atoms with van der Waals surface area (Å²) in [7, 11) is 0. The fourth-order valence-corrected chi connectivity index (χ4v) is 2.56. The Balaban J connectivity index is 1.98. The molecule has 6 nitrogen and oxygen atoms in total. The highest BCUT2D eigenvalue weighted by Gasteiger charge is 2.27. The van der Waals surface area contributed by atoms with E-state index in [4.69, 9.17) is 15.2 Å². The van der Waals surface area contributed by atoms with E-state index in [2.05, 4.69) is 4.90 Å². The van der Waals surface area contributed by atoms with Crippen LogP contribution in [0.15, 0.2) is 24.3 Å². The fraction of sp³-hybridized carbons (Fsp3) is 0.632. The molecule has 1 saturated heterocycles. The van der Waals surface area contributed by atoms with E-state index in [9.17, 15) is 4.79 Å². The van der Waals surface area contributed by atoms with Crippen molar-refractivity contribution in [2.24, 2.45) is 5.73 Å². The Kier molecular flexibility index (Phi) is 5.83. The topological polar surface area (TPSA) is 68.0 Å². The molecular formula is C19H31N3O3. The maximum atomic E-state index is 12.2. The van der Waals surface area contributed by atoms with Crippen molar-refractivity contribution in [2.45, 2.75) is 45.8 Å². The van der Waals surface area contributed by atoms with Crippen LogP contribution in [0.3, 0.4) is 0 Å². The lowest BCUT2D eigenvalue weighted by atomic mass is 10.1. The van der Waals surface area contributed by atoms with Gasteiger partial charge in [0.2, 0.25) is 0 Å². The maximum Gasteiger partial charge on any atom is 0.410 e. The zero-order valence-electron chi connectivity index (χ0n) is 16.0. The average Bonchev–Trinajstić information content (AvgIpc) is 2.51. The molecule has 0 bridgehead atoms. The van der Waals surface area contributed by atoms with Gasteiger partial charge in [-0.2, -0.15) is 0 Å². The summed E-state index contributed by atoms with van der Waals surface area (Å²) in [6.45, 7) is 12.7. The minimum absolute atomic E-state index is 0.249. The molecule has 1 aromatic rings. The SMILES string of the molecule is CC(C)(N)COc1ccccc1N1CCN(C(=O)OC(C)(C)C)CC1. The van der Waals surface area contributed by atoms with Crippen molar-refractivity contribution in [1.82, 2.24) is 4.90 Å². The zero-order valence-corrected chi connectivity index (χ0v) is 16.0. The Labute approximate surface area is 150 Å². The van der Waals surface area contributed by atoms with Crippen LogP contribution in [0.2, 0.25) is 0 Å². The number of benzene rings is 1. The van der Waals surface area contributed by atoms with Crippen LogP contribution >= 0.6 is 0 Å². The molecule has 0 aliphatic carbocycles. The van der Waals surface area contributed by atoms with Crippen LogP contribution in [0.1, 0.15) is 34.6 Å².